The highest BCUT2D eigenvalue weighted by molar-refractivity contribution is 4.93. The fourth-order valence-corrected chi connectivity index (χ4v) is 1.45. The SMILES string of the molecule is [CH2]CCCCC1CC=CCN1. The molecule has 1 radical (unpaired) electrons. The molecule has 0 saturated carbocycles. The van der Waals surface area contributed by atoms with Gasteiger partial charge in [-0.05, 0) is 12.8 Å². The molecule has 1 rings (SSSR count). The van der Waals surface area contributed by atoms with Crippen molar-refractivity contribution >= 4 is 0 Å². The summed E-state index contributed by atoms with van der Waals surface area (Å²) >= 11 is 0. The third kappa shape index (κ3) is 3.57. The Bertz CT molecular complexity index is 118. The second-order valence-electron chi connectivity index (χ2n) is 3.16. The van der Waals surface area contributed by atoms with E-state index in [0.29, 0.717) is 0 Å². The smallest absolute Gasteiger partial charge is 0.0137 e. The molecule has 0 aliphatic carbocycles. The summed E-state index contributed by atoms with van der Waals surface area (Å²) in [6, 6.07) is 0.742. The highest BCUT2D eigenvalue weighted by Crippen LogP contribution is 2.08. The van der Waals surface area contributed by atoms with Gasteiger partial charge in [-0.3, -0.25) is 0 Å². The van der Waals surface area contributed by atoms with Crippen LogP contribution in [0, 0.1) is 6.92 Å². The van der Waals surface area contributed by atoms with Crippen LogP contribution >= 0.6 is 0 Å². The van der Waals surface area contributed by atoms with Crippen molar-refractivity contribution < 1.29 is 0 Å². The van der Waals surface area contributed by atoms with Gasteiger partial charge in [0.25, 0.3) is 0 Å². The van der Waals surface area contributed by atoms with Crippen molar-refractivity contribution in [1.82, 2.24) is 5.32 Å². The van der Waals surface area contributed by atoms with Gasteiger partial charge >= 0.3 is 0 Å². The van der Waals surface area contributed by atoms with Crippen molar-refractivity contribution in [2.75, 3.05) is 6.54 Å². The highest BCUT2D eigenvalue weighted by Gasteiger charge is 2.06. The lowest BCUT2D eigenvalue weighted by Gasteiger charge is -2.19. The van der Waals surface area contributed by atoms with E-state index in [1.165, 1.54) is 25.7 Å². The van der Waals surface area contributed by atoms with Crippen molar-refractivity contribution in [2.24, 2.45) is 0 Å². The van der Waals surface area contributed by atoms with Gasteiger partial charge in [-0.2, -0.15) is 0 Å². The standard InChI is InChI=1S/C10H18N/c1-2-3-4-7-10-8-5-6-9-11-10/h5-6,10-11H,1-4,7-9H2. The van der Waals surface area contributed by atoms with Crippen LogP contribution in [0.2, 0.25) is 0 Å². The molecule has 0 saturated heterocycles. The minimum atomic E-state index is 0.742. The molecule has 0 aromatic heterocycles. The van der Waals surface area contributed by atoms with Gasteiger partial charge in [0.05, 0.1) is 0 Å². The monoisotopic (exact) mass is 152 g/mol. The van der Waals surface area contributed by atoms with Crippen LogP contribution in [0.4, 0.5) is 0 Å². The second-order valence-corrected chi connectivity index (χ2v) is 3.16. The Labute approximate surface area is 69.9 Å². The molecule has 0 spiro atoms. The van der Waals surface area contributed by atoms with Gasteiger partial charge in [-0.25, -0.2) is 0 Å². The Kier molecular flexibility index (Phi) is 4.29. The van der Waals surface area contributed by atoms with Gasteiger partial charge in [-0.1, -0.05) is 38.3 Å². The first-order chi connectivity index (χ1) is 5.43. The second kappa shape index (κ2) is 5.36. The molecule has 1 heteroatoms. The predicted molar refractivity (Wildman–Crippen MR) is 49.4 cm³/mol. The predicted octanol–water partition coefficient (Wildman–Crippen LogP) is 2.30. The van der Waals surface area contributed by atoms with Gasteiger partial charge in [-0.15, -0.1) is 0 Å². The Morgan fingerprint density at radius 1 is 1.36 bits per heavy atom. The molecule has 1 nitrogen and oxygen atoms in total. The summed E-state index contributed by atoms with van der Waals surface area (Å²) < 4.78 is 0. The topological polar surface area (TPSA) is 12.0 Å². The molecule has 63 valence electrons. The normalized spacial score (nSPS) is 23.9. The first kappa shape index (κ1) is 8.79. The lowest BCUT2D eigenvalue weighted by atomic mass is 10.0. The molecule has 1 unspecified atom stereocenters. The summed E-state index contributed by atoms with van der Waals surface area (Å²) in [5.41, 5.74) is 0. The summed E-state index contributed by atoms with van der Waals surface area (Å²) in [7, 11) is 0. The molecule has 0 fully saturated rings. The van der Waals surface area contributed by atoms with Gasteiger partial charge in [0.15, 0.2) is 0 Å². The van der Waals surface area contributed by atoms with Crippen LogP contribution in [0.25, 0.3) is 0 Å². The van der Waals surface area contributed by atoms with Crippen molar-refractivity contribution in [3.05, 3.63) is 19.1 Å². The van der Waals surface area contributed by atoms with E-state index in [0.717, 1.165) is 19.0 Å². The zero-order valence-corrected chi connectivity index (χ0v) is 7.18. The lowest BCUT2D eigenvalue weighted by molar-refractivity contribution is 0.472. The molecule has 0 aromatic rings. The molecular weight excluding hydrogens is 134 g/mol. The summed E-state index contributed by atoms with van der Waals surface area (Å²) in [6.07, 6.45) is 10.7. The number of hydrogen-bond acceptors (Lipinski definition) is 1. The molecule has 11 heavy (non-hydrogen) atoms. The number of hydrogen-bond donors (Lipinski definition) is 1. The third-order valence-corrected chi connectivity index (χ3v) is 2.16. The van der Waals surface area contributed by atoms with E-state index in [9.17, 15) is 0 Å². The van der Waals surface area contributed by atoms with Crippen LogP contribution < -0.4 is 5.32 Å². The van der Waals surface area contributed by atoms with Crippen LogP contribution in [0.1, 0.15) is 32.1 Å². The molecule has 0 amide bonds. The quantitative estimate of drug-likeness (QED) is 0.481. The summed E-state index contributed by atoms with van der Waals surface area (Å²) in [4.78, 5) is 0. The molecular formula is C10H18N. The van der Waals surface area contributed by atoms with E-state index >= 15 is 0 Å². The number of rotatable bonds is 4. The summed E-state index contributed by atoms with van der Waals surface area (Å²) in [6.45, 7) is 4.90. The third-order valence-electron chi connectivity index (χ3n) is 2.16. The van der Waals surface area contributed by atoms with Gasteiger partial charge in [0.1, 0.15) is 0 Å². The molecule has 0 bridgehead atoms. The Balaban J connectivity index is 2.02. The van der Waals surface area contributed by atoms with E-state index in [1.54, 1.807) is 0 Å². The van der Waals surface area contributed by atoms with Crippen molar-refractivity contribution in [3.8, 4) is 0 Å². The van der Waals surface area contributed by atoms with Gasteiger partial charge in [0.2, 0.25) is 0 Å². The molecule has 1 aliphatic rings. The van der Waals surface area contributed by atoms with Crippen LogP contribution in [0.3, 0.4) is 0 Å². The van der Waals surface area contributed by atoms with Crippen LogP contribution in [-0.2, 0) is 0 Å². The fraction of sp³-hybridized carbons (Fsp3) is 0.700. The van der Waals surface area contributed by atoms with Crippen LogP contribution in [-0.4, -0.2) is 12.6 Å². The Hall–Kier alpha value is -0.300. The number of unbranched alkanes of at least 4 members (excludes halogenated alkanes) is 2. The molecule has 0 aromatic carbocycles. The maximum Gasteiger partial charge on any atom is 0.0137 e. The van der Waals surface area contributed by atoms with Crippen molar-refractivity contribution in [3.63, 3.8) is 0 Å². The minimum absolute atomic E-state index is 0.742. The molecule has 1 N–H and O–H groups in total. The molecule has 1 heterocycles. The van der Waals surface area contributed by atoms with E-state index < -0.39 is 0 Å². The number of nitrogens with one attached hydrogen (secondary N) is 1. The molecule has 1 aliphatic heterocycles. The highest BCUT2D eigenvalue weighted by atomic mass is 14.9. The van der Waals surface area contributed by atoms with Crippen LogP contribution in [0.15, 0.2) is 12.2 Å². The average molecular weight is 152 g/mol. The zero-order valence-electron chi connectivity index (χ0n) is 7.18. The van der Waals surface area contributed by atoms with Gasteiger partial charge < -0.3 is 5.32 Å². The van der Waals surface area contributed by atoms with Crippen molar-refractivity contribution in [1.29, 1.82) is 0 Å². The van der Waals surface area contributed by atoms with Crippen LogP contribution in [0.5, 0.6) is 0 Å². The Morgan fingerprint density at radius 2 is 2.27 bits per heavy atom. The first-order valence-corrected chi connectivity index (χ1v) is 4.61. The van der Waals surface area contributed by atoms with Gasteiger partial charge in [0, 0.05) is 12.6 Å². The fourth-order valence-electron chi connectivity index (χ4n) is 1.45. The molecule has 1 atom stereocenters. The summed E-state index contributed by atoms with van der Waals surface area (Å²) in [5.74, 6) is 0. The van der Waals surface area contributed by atoms with E-state index in [-0.39, 0.29) is 0 Å². The maximum atomic E-state index is 3.83. The lowest BCUT2D eigenvalue weighted by Crippen LogP contribution is -2.31. The summed E-state index contributed by atoms with van der Waals surface area (Å²) in [5, 5.41) is 3.47. The van der Waals surface area contributed by atoms with E-state index in [1.807, 2.05) is 0 Å². The average Bonchev–Trinajstić information content (AvgIpc) is 2.07. The largest absolute Gasteiger partial charge is 0.310 e. The first-order valence-electron chi connectivity index (χ1n) is 4.61. The zero-order chi connectivity index (χ0) is 7.94. The minimum Gasteiger partial charge on any atom is -0.310 e. The maximum absolute atomic E-state index is 3.83. The van der Waals surface area contributed by atoms with E-state index in [4.69, 9.17) is 0 Å². The van der Waals surface area contributed by atoms with Crippen molar-refractivity contribution in [2.45, 2.75) is 38.1 Å². The Morgan fingerprint density at radius 3 is 2.91 bits per heavy atom. The van der Waals surface area contributed by atoms with E-state index in [2.05, 4.69) is 24.4 Å².